The molecule has 0 bridgehead atoms. The number of anilines is 5. The Bertz CT molecular complexity index is 1050. The number of benzene rings is 2. The maximum atomic E-state index is 13.1. The quantitative estimate of drug-likeness (QED) is 0.600. The first kappa shape index (κ1) is 20.7. The fourth-order valence-electron chi connectivity index (χ4n) is 3.48. The number of nitrogens with zero attached hydrogens (tertiary/aromatic N) is 4. The maximum absolute atomic E-state index is 13.1. The van der Waals surface area contributed by atoms with Crippen molar-refractivity contribution in [2.75, 3.05) is 47.0 Å². The molecule has 0 atom stereocenters. The molecule has 1 saturated heterocycles. The number of alkyl halides is 3. The summed E-state index contributed by atoms with van der Waals surface area (Å²) < 4.78 is 52.0. The van der Waals surface area contributed by atoms with Crippen LogP contribution >= 0.6 is 0 Å². The molecule has 0 radical (unpaired) electrons. The molecule has 1 aromatic heterocycles. The van der Waals surface area contributed by atoms with E-state index >= 15 is 0 Å². The minimum Gasteiger partial charge on any atom is -0.393 e. The minimum absolute atomic E-state index is 0.229. The Kier molecular flexibility index (Phi) is 5.53. The Morgan fingerprint density at radius 2 is 1.58 bits per heavy atom. The average Bonchev–Trinajstić information content (AvgIpc) is 2.76. The molecule has 3 aromatic rings. The lowest BCUT2D eigenvalue weighted by atomic mass is 10.2. The molecule has 1 aliphatic heterocycles. The summed E-state index contributed by atoms with van der Waals surface area (Å²) in [5.41, 5.74) is 6.90. The zero-order chi connectivity index (χ0) is 22.0. The van der Waals surface area contributed by atoms with Gasteiger partial charge >= 0.3 is 6.18 Å². The van der Waals surface area contributed by atoms with E-state index in [0.29, 0.717) is 32.0 Å². The van der Waals surface area contributed by atoms with Crippen molar-refractivity contribution < 1.29 is 17.6 Å². The first-order chi connectivity index (χ1) is 14.8. The number of rotatable bonds is 4. The largest absolute Gasteiger partial charge is 0.416 e. The number of nitrogen functional groups attached to an aromatic ring is 1. The number of nitrogens with two attached hydrogens (primary N) is 1. The van der Waals surface area contributed by atoms with Crippen molar-refractivity contribution in [1.29, 1.82) is 0 Å². The van der Waals surface area contributed by atoms with E-state index in [-0.39, 0.29) is 23.0 Å². The molecular formula is C21H20F4N6. The van der Waals surface area contributed by atoms with Crippen molar-refractivity contribution in [3.8, 4) is 0 Å². The Morgan fingerprint density at radius 3 is 2.26 bits per heavy atom. The number of aromatic nitrogens is 2. The molecule has 3 N–H and O–H groups in total. The minimum atomic E-state index is -4.44. The van der Waals surface area contributed by atoms with Crippen molar-refractivity contribution in [2.24, 2.45) is 0 Å². The van der Waals surface area contributed by atoms with Gasteiger partial charge in [0.1, 0.15) is 17.8 Å². The van der Waals surface area contributed by atoms with Crippen LogP contribution in [0.25, 0.3) is 0 Å². The molecular weight excluding hydrogens is 412 g/mol. The van der Waals surface area contributed by atoms with Gasteiger partial charge in [0, 0.05) is 37.6 Å². The zero-order valence-corrected chi connectivity index (χ0v) is 16.4. The standard InChI is InChI=1S/C21H20F4N6/c22-15-4-6-17(7-5-15)30-8-10-31(11-9-30)20-18(26)19(27-13-28-20)29-16-3-1-2-14(12-16)21(23,24)25/h1-7,12-13H,8-11,26H2,(H,27,28,29). The van der Waals surface area contributed by atoms with Crippen molar-refractivity contribution >= 4 is 28.7 Å². The van der Waals surface area contributed by atoms with E-state index in [9.17, 15) is 17.6 Å². The van der Waals surface area contributed by atoms with Crippen LogP contribution in [-0.2, 0) is 6.18 Å². The van der Waals surface area contributed by atoms with Crippen LogP contribution in [0.1, 0.15) is 5.56 Å². The van der Waals surface area contributed by atoms with Gasteiger partial charge in [-0.3, -0.25) is 0 Å². The van der Waals surface area contributed by atoms with E-state index in [2.05, 4.69) is 20.2 Å². The third-order valence-electron chi connectivity index (χ3n) is 5.09. The molecule has 0 saturated carbocycles. The lowest BCUT2D eigenvalue weighted by Crippen LogP contribution is -2.47. The molecule has 0 unspecified atom stereocenters. The third-order valence-corrected chi connectivity index (χ3v) is 5.09. The molecule has 31 heavy (non-hydrogen) atoms. The lowest BCUT2D eigenvalue weighted by Gasteiger charge is -2.37. The van der Waals surface area contributed by atoms with Gasteiger partial charge in [-0.2, -0.15) is 13.2 Å². The third kappa shape index (κ3) is 4.62. The second-order valence-corrected chi connectivity index (χ2v) is 7.11. The molecule has 4 rings (SSSR count). The van der Waals surface area contributed by atoms with E-state index in [0.717, 1.165) is 17.8 Å². The number of hydrogen-bond donors (Lipinski definition) is 2. The monoisotopic (exact) mass is 432 g/mol. The predicted molar refractivity (Wildman–Crippen MR) is 112 cm³/mol. The highest BCUT2D eigenvalue weighted by molar-refractivity contribution is 5.78. The summed E-state index contributed by atoms with van der Waals surface area (Å²) in [6.07, 6.45) is -3.11. The van der Waals surface area contributed by atoms with Gasteiger partial charge in [0.05, 0.1) is 5.56 Å². The van der Waals surface area contributed by atoms with E-state index in [1.54, 1.807) is 12.1 Å². The van der Waals surface area contributed by atoms with Gasteiger partial charge in [0.15, 0.2) is 11.6 Å². The van der Waals surface area contributed by atoms with Crippen LogP contribution in [0.5, 0.6) is 0 Å². The van der Waals surface area contributed by atoms with Crippen molar-refractivity contribution in [3.05, 3.63) is 66.2 Å². The highest BCUT2D eigenvalue weighted by Crippen LogP contribution is 2.33. The van der Waals surface area contributed by atoms with Crippen LogP contribution < -0.4 is 20.9 Å². The van der Waals surface area contributed by atoms with Crippen LogP contribution in [0.4, 0.5) is 46.3 Å². The van der Waals surface area contributed by atoms with Crippen LogP contribution in [0, 0.1) is 5.82 Å². The molecule has 0 spiro atoms. The van der Waals surface area contributed by atoms with Crippen molar-refractivity contribution in [2.45, 2.75) is 6.18 Å². The number of hydrogen-bond acceptors (Lipinski definition) is 6. The number of halogens is 4. The molecule has 2 aromatic carbocycles. The summed E-state index contributed by atoms with van der Waals surface area (Å²) in [6.45, 7) is 2.63. The van der Waals surface area contributed by atoms with Crippen LogP contribution in [0.2, 0.25) is 0 Å². The summed E-state index contributed by atoms with van der Waals surface area (Å²) in [4.78, 5) is 12.5. The highest BCUT2D eigenvalue weighted by atomic mass is 19.4. The Labute approximate surface area is 176 Å². The maximum Gasteiger partial charge on any atom is 0.416 e. The van der Waals surface area contributed by atoms with Crippen LogP contribution in [0.3, 0.4) is 0 Å². The smallest absolute Gasteiger partial charge is 0.393 e. The van der Waals surface area contributed by atoms with Crippen molar-refractivity contribution in [3.63, 3.8) is 0 Å². The Balaban J connectivity index is 1.48. The molecule has 0 aliphatic carbocycles. The van der Waals surface area contributed by atoms with E-state index < -0.39 is 11.7 Å². The highest BCUT2D eigenvalue weighted by Gasteiger charge is 2.30. The van der Waals surface area contributed by atoms with Gasteiger partial charge in [0.2, 0.25) is 0 Å². The molecule has 162 valence electrons. The molecule has 2 heterocycles. The molecule has 1 aliphatic rings. The van der Waals surface area contributed by atoms with Gasteiger partial charge in [0.25, 0.3) is 0 Å². The summed E-state index contributed by atoms with van der Waals surface area (Å²) >= 11 is 0. The number of piperazine rings is 1. The fourth-order valence-corrected chi connectivity index (χ4v) is 3.48. The summed E-state index contributed by atoms with van der Waals surface area (Å²) in [6, 6.07) is 11.2. The number of nitrogens with one attached hydrogen (secondary N) is 1. The van der Waals surface area contributed by atoms with Gasteiger partial charge in [-0.15, -0.1) is 0 Å². The van der Waals surface area contributed by atoms with E-state index in [1.165, 1.54) is 30.6 Å². The lowest BCUT2D eigenvalue weighted by molar-refractivity contribution is -0.137. The zero-order valence-electron chi connectivity index (χ0n) is 16.4. The SMILES string of the molecule is Nc1c(Nc2cccc(C(F)(F)F)c2)ncnc1N1CCN(c2ccc(F)cc2)CC1. The summed E-state index contributed by atoms with van der Waals surface area (Å²) in [5, 5.41) is 2.86. The van der Waals surface area contributed by atoms with E-state index in [4.69, 9.17) is 5.73 Å². The van der Waals surface area contributed by atoms with Gasteiger partial charge in [-0.25, -0.2) is 14.4 Å². The van der Waals surface area contributed by atoms with Gasteiger partial charge in [-0.05, 0) is 42.5 Å². The molecule has 1 fully saturated rings. The van der Waals surface area contributed by atoms with Gasteiger partial charge < -0.3 is 20.9 Å². The first-order valence-corrected chi connectivity index (χ1v) is 9.61. The molecule has 6 nitrogen and oxygen atoms in total. The Morgan fingerprint density at radius 1 is 0.903 bits per heavy atom. The van der Waals surface area contributed by atoms with Gasteiger partial charge in [-0.1, -0.05) is 6.07 Å². The predicted octanol–water partition coefficient (Wildman–Crippen LogP) is 4.29. The molecule has 10 heteroatoms. The Hall–Kier alpha value is -3.56. The van der Waals surface area contributed by atoms with Crippen molar-refractivity contribution in [1.82, 2.24) is 9.97 Å². The average molecular weight is 432 g/mol. The summed E-state index contributed by atoms with van der Waals surface area (Å²) in [7, 11) is 0. The molecule has 0 amide bonds. The topological polar surface area (TPSA) is 70.3 Å². The summed E-state index contributed by atoms with van der Waals surface area (Å²) in [5.74, 6) is 0.477. The van der Waals surface area contributed by atoms with E-state index in [1.807, 2.05) is 4.90 Å². The van der Waals surface area contributed by atoms with Crippen LogP contribution in [-0.4, -0.2) is 36.1 Å². The second kappa shape index (κ2) is 8.29. The fraction of sp³-hybridized carbons (Fsp3) is 0.238. The first-order valence-electron chi connectivity index (χ1n) is 9.61. The van der Waals surface area contributed by atoms with Crippen LogP contribution in [0.15, 0.2) is 54.9 Å². The second-order valence-electron chi connectivity index (χ2n) is 7.11. The normalized spacial score (nSPS) is 14.6.